The van der Waals surface area contributed by atoms with E-state index >= 15 is 0 Å². The molecule has 1 aromatic heterocycles. The molecule has 1 N–H and O–H groups in total. The van der Waals surface area contributed by atoms with Crippen LogP contribution in [-0.2, 0) is 11.3 Å². The molecule has 6 nitrogen and oxygen atoms in total. The van der Waals surface area contributed by atoms with E-state index in [2.05, 4.69) is 25.9 Å². The molecule has 134 valence electrons. The summed E-state index contributed by atoms with van der Waals surface area (Å²) < 4.78 is 12.5. The number of nitrogens with zero attached hydrogens (tertiary/aromatic N) is 2. The maximum absolute atomic E-state index is 11.2. The van der Waals surface area contributed by atoms with Crippen molar-refractivity contribution < 1.29 is 14.3 Å². The Morgan fingerprint density at radius 1 is 1.15 bits per heavy atom. The second-order valence-corrected chi connectivity index (χ2v) is 5.69. The maximum atomic E-state index is 11.2. The van der Waals surface area contributed by atoms with Crippen LogP contribution >= 0.6 is 0 Å². The molecule has 26 heavy (non-hydrogen) atoms. The van der Waals surface area contributed by atoms with Crippen molar-refractivity contribution in [3.63, 3.8) is 0 Å². The van der Waals surface area contributed by atoms with Gasteiger partial charge in [-0.25, -0.2) is 10.2 Å². The molecule has 0 atom stereocenters. The molecule has 2 aromatic carbocycles. The predicted octanol–water partition coefficient (Wildman–Crippen LogP) is 3.72. The fourth-order valence-electron chi connectivity index (χ4n) is 2.88. The molecule has 0 saturated heterocycles. The molecule has 0 fully saturated rings. The van der Waals surface area contributed by atoms with Gasteiger partial charge in [0.05, 0.1) is 19.9 Å². The summed E-state index contributed by atoms with van der Waals surface area (Å²) in [7, 11) is 1.30. The average Bonchev–Trinajstić information content (AvgIpc) is 2.94. The van der Waals surface area contributed by atoms with Gasteiger partial charge in [0.25, 0.3) is 0 Å². The Kier molecular flexibility index (Phi) is 5.53. The third-order valence-electron chi connectivity index (χ3n) is 4.14. The van der Waals surface area contributed by atoms with Crippen LogP contribution in [-0.4, -0.2) is 30.6 Å². The Labute approximate surface area is 152 Å². The van der Waals surface area contributed by atoms with E-state index in [1.807, 2.05) is 55.5 Å². The van der Waals surface area contributed by atoms with Crippen molar-refractivity contribution in [3.8, 4) is 5.75 Å². The van der Waals surface area contributed by atoms with Gasteiger partial charge >= 0.3 is 6.09 Å². The molecule has 0 aliphatic heterocycles. The van der Waals surface area contributed by atoms with Gasteiger partial charge in [-0.1, -0.05) is 36.4 Å². The molecule has 0 aliphatic carbocycles. The van der Waals surface area contributed by atoms with Gasteiger partial charge in [0.15, 0.2) is 0 Å². The number of benzene rings is 2. The highest BCUT2D eigenvalue weighted by Crippen LogP contribution is 2.24. The Morgan fingerprint density at radius 2 is 1.88 bits per heavy atom. The van der Waals surface area contributed by atoms with E-state index in [0.717, 1.165) is 27.9 Å². The highest BCUT2D eigenvalue weighted by molar-refractivity contribution is 6.01. The van der Waals surface area contributed by atoms with Crippen LogP contribution in [0.5, 0.6) is 5.75 Å². The first-order valence-corrected chi connectivity index (χ1v) is 8.33. The van der Waals surface area contributed by atoms with Gasteiger partial charge in [-0.05, 0) is 25.1 Å². The molecule has 0 radical (unpaired) electrons. The fraction of sp³-hybridized carbons (Fsp3) is 0.200. The van der Waals surface area contributed by atoms with Crippen LogP contribution in [0.25, 0.3) is 10.9 Å². The standard InChI is InChI=1S/C20H21N3O3/c1-15-18(14-21-22-20(24)25-2)17-10-6-7-11-19(17)23(15)12-13-26-16-8-4-3-5-9-16/h3-11,14H,12-13H2,1-2H3,(H,22,24)/b21-14-. The number of hydrazone groups is 1. The summed E-state index contributed by atoms with van der Waals surface area (Å²) in [6, 6.07) is 17.8. The van der Waals surface area contributed by atoms with Gasteiger partial charge in [-0.15, -0.1) is 0 Å². The van der Waals surface area contributed by atoms with Gasteiger partial charge < -0.3 is 14.0 Å². The number of fused-ring (bicyclic) bond motifs is 1. The molecule has 0 spiro atoms. The molecule has 1 heterocycles. The van der Waals surface area contributed by atoms with Crippen molar-refractivity contribution in [3.05, 3.63) is 65.9 Å². The molecular formula is C20H21N3O3. The van der Waals surface area contributed by atoms with E-state index in [1.54, 1.807) is 6.21 Å². The lowest BCUT2D eigenvalue weighted by Gasteiger charge is -2.10. The molecule has 1 amide bonds. The van der Waals surface area contributed by atoms with E-state index < -0.39 is 6.09 Å². The van der Waals surface area contributed by atoms with Crippen molar-refractivity contribution in [2.45, 2.75) is 13.5 Å². The van der Waals surface area contributed by atoms with Crippen molar-refractivity contribution in [2.24, 2.45) is 5.10 Å². The smallest absolute Gasteiger partial charge is 0.427 e. The minimum absolute atomic E-state index is 0.556. The third kappa shape index (κ3) is 3.85. The molecule has 0 aliphatic rings. The normalized spacial score (nSPS) is 11.0. The van der Waals surface area contributed by atoms with Gasteiger partial charge in [0, 0.05) is 22.2 Å². The second-order valence-electron chi connectivity index (χ2n) is 5.69. The number of para-hydroxylation sites is 2. The number of methoxy groups -OCH3 is 1. The minimum Gasteiger partial charge on any atom is -0.492 e. The molecule has 3 aromatic rings. The first-order chi connectivity index (χ1) is 12.7. The van der Waals surface area contributed by atoms with Crippen LogP contribution in [0, 0.1) is 6.92 Å². The van der Waals surface area contributed by atoms with E-state index in [0.29, 0.717) is 13.2 Å². The Morgan fingerprint density at radius 3 is 2.65 bits per heavy atom. The minimum atomic E-state index is -0.598. The van der Waals surface area contributed by atoms with Crippen LogP contribution in [0.1, 0.15) is 11.3 Å². The summed E-state index contributed by atoms with van der Waals surface area (Å²) in [4.78, 5) is 11.2. The zero-order chi connectivity index (χ0) is 18.4. The number of carbonyl (C=O) groups excluding carboxylic acids is 1. The summed E-state index contributed by atoms with van der Waals surface area (Å²) in [5.74, 6) is 0.852. The lowest BCUT2D eigenvalue weighted by Crippen LogP contribution is -2.16. The van der Waals surface area contributed by atoms with E-state index in [4.69, 9.17) is 4.74 Å². The monoisotopic (exact) mass is 351 g/mol. The number of ether oxygens (including phenoxy) is 2. The molecule has 0 saturated carbocycles. The quantitative estimate of drug-likeness (QED) is 0.544. The van der Waals surface area contributed by atoms with Crippen LogP contribution in [0.2, 0.25) is 0 Å². The number of aromatic nitrogens is 1. The van der Waals surface area contributed by atoms with Crippen molar-refractivity contribution in [2.75, 3.05) is 13.7 Å². The molecule has 3 rings (SSSR count). The van der Waals surface area contributed by atoms with E-state index in [-0.39, 0.29) is 0 Å². The summed E-state index contributed by atoms with van der Waals surface area (Å²) in [6.45, 7) is 3.29. The number of amides is 1. The number of carbonyl (C=O) groups is 1. The van der Waals surface area contributed by atoms with E-state index in [9.17, 15) is 4.79 Å². The fourth-order valence-corrected chi connectivity index (χ4v) is 2.88. The van der Waals surface area contributed by atoms with Gasteiger partial charge in [0.1, 0.15) is 12.4 Å². The molecule has 0 bridgehead atoms. The van der Waals surface area contributed by atoms with Crippen molar-refractivity contribution >= 4 is 23.2 Å². The zero-order valence-corrected chi connectivity index (χ0v) is 14.8. The molecular weight excluding hydrogens is 330 g/mol. The highest BCUT2D eigenvalue weighted by atomic mass is 16.5. The zero-order valence-electron chi connectivity index (χ0n) is 14.8. The summed E-state index contributed by atoms with van der Waals surface area (Å²) >= 11 is 0. The average molecular weight is 351 g/mol. The number of nitrogens with one attached hydrogen (secondary N) is 1. The van der Waals surface area contributed by atoms with Gasteiger partial charge in [-0.3, -0.25) is 0 Å². The van der Waals surface area contributed by atoms with Crippen LogP contribution in [0.4, 0.5) is 4.79 Å². The second kappa shape index (κ2) is 8.20. The first-order valence-electron chi connectivity index (χ1n) is 8.33. The number of hydrogen-bond acceptors (Lipinski definition) is 4. The van der Waals surface area contributed by atoms with Crippen molar-refractivity contribution in [1.29, 1.82) is 0 Å². The summed E-state index contributed by atoms with van der Waals surface area (Å²) in [6.07, 6.45) is 1.04. The Bertz CT molecular complexity index is 917. The maximum Gasteiger partial charge on any atom is 0.427 e. The van der Waals surface area contributed by atoms with Crippen LogP contribution in [0.3, 0.4) is 0 Å². The lowest BCUT2D eigenvalue weighted by atomic mass is 10.1. The molecule has 6 heteroatoms. The van der Waals surface area contributed by atoms with Crippen LogP contribution in [0.15, 0.2) is 59.7 Å². The predicted molar refractivity (Wildman–Crippen MR) is 102 cm³/mol. The van der Waals surface area contributed by atoms with E-state index in [1.165, 1.54) is 7.11 Å². The van der Waals surface area contributed by atoms with Gasteiger partial charge in [-0.2, -0.15) is 5.10 Å². The highest BCUT2D eigenvalue weighted by Gasteiger charge is 2.12. The Hall–Kier alpha value is -3.28. The lowest BCUT2D eigenvalue weighted by molar-refractivity contribution is 0.171. The van der Waals surface area contributed by atoms with Gasteiger partial charge in [0.2, 0.25) is 0 Å². The van der Waals surface area contributed by atoms with Crippen LogP contribution < -0.4 is 10.2 Å². The topological polar surface area (TPSA) is 64.8 Å². The van der Waals surface area contributed by atoms with Crippen molar-refractivity contribution in [1.82, 2.24) is 9.99 Å². The number of hydrogen-bond donors (Lipinski definition) is 1. The molecule has 0 unspecified atom stereocenters. The summed E-state index contributed by atoms with van der Waals surface area (Å²) in [5, 5.41) is 5.04. The Balaban J connectivity index is 1.81. The number of rotatable bonds is 6. The summed E-state index contributed by atoms with van der Waals surface area (Å²) in [5.41, 5.74) is 5.43. The SMILES string of the molecule is COC(=O)N/N=C\c1c(C)n(CCOc2ccccc2)c2ccccc12. The third-order valence-corrected chi connectivity index (χ3v) is 4.14. The largest absolute Gasteiger partial charge is 0.492 e. The first kappa shape index (κ1) is 17.5.